The molecule has 0 aliphatic carbocycles. The Morgan fingerprint density at radius 2 is 1.68 bits per heavy atom. The number of nitrogens with zero attached hydrogens (tertiary/aromatic N) is 2. The fraction of sp³-hybridized carbons (Fsp3) is 0.0385. The number of anilines is 2. The summed E-state index contributed by atoms with van der Waals surface area (Å²) >= 11 is 12.1. The molecule has 0 unspecified atom stereocenters. The molecule has 0 atom stereocenters. The predicted octanol–water partition coefficient (Wildman–Crippen LogP) is 6.13. The van der Waals surface area contributed by atoms with Crippen LogP contribution in [0.5, 0.6) is 0 Å². The lowest BCUT2D eigenvalue weighted by molar-refractivity contribution is -0.116. The maximum atomic E-state index is 12.8. The lowest BCUT2D eigenvalue weighted by atomic mass is 10.1. The van der Waals surface area contributed by atoms with Crippen LogP contribution < -0.4 is 10.6 Å². The summed E-state index contributed by atoms with van der Waals surface area (Å²) in [6.45, 7) is 0.0649. The first kappa shape index (κ1) is 23.1. The average Bonchev–Trinajstić information content (AvgIpc) is 3.18. The van der Waals surface area contributed by atoms with Crippen molar-refractivity contribution in [1.82, 2.24) is 4.57 Å². The van der Waals surface area contributed by atoms with Gasteiger partial charge in [0.15, 0.2) is 0 Å². The fourth-order valence-electron chi connectivity index (χ4n) is 3.49. The third-order valence-electron chi connectivity index (χ3n) is 5.06. The van der Waals surface area contributed by atoms with Crippen LogP contribution in [-0.2, 0) is 16.1 Å². The number of nitriles is 1. The van der Waals surface area contributed by atoms with E-state index in [1.165, 1.54) is 6.08 Å². The first-order valence-electron chi connectivity index (χ1n) is 10.3. The Hall–Kier alpha value is -4.05. The summed E-state index contributed by atoms with van der Waals surface area (Å²) in [6.07, 6.45) is 3.23. The molecule has 8 heteroatoms. The normalized spacial score (nSPS) is 11.1. The van der Waals surface area contributed by atoms with Gasteiger partial charge in [-0.2, -0.15) is 5.26 Å². The van der Waals surface area contributed by atoms with Crippen molar-refractivity contribution in [2.45, 2.75) is 6.54 Å². The Kier molecular flexibility index (Phi) is 6.98. The summed E-state index contributed by atoms with van der Waals surface area (Å²) in [6, 6.07) is 23.4. The number of carbonyl (C=O) groups excluding carboxylic acids is 2. The van der Waals surface area contributed by atoms with Crippen LogP contribution in [0.2, 0.25) is 10.0 Å². The first-order valence-corrected chi connectivity index (χ1v) is 11.0. The van der Waals surface area contributed by atoms with Crippen LogP contribution in [0.4, 0.5) is 11.4 Å². The van der Waals surface area contributed by atoms with Crippen LogP contribution in [-0.4, -0.2) is 16.4 Å². The Morgan fingerprint density at radius 3 is 2.44 bits per heavy atom. The molecule has 168 valence electrons. The van der Waals surface area contributed by atoms with Gasteiger partial charge in [-0.1, -0.05) is 65.7 Å². The van der Waals surface area contributed by atoms with E-state index in [-0.39, 0.29) is 23.0 Å². The molecule has 0 aliphatic heterocycles. The van der Waals surface area contributed by atoms with Crippen LogP contribution in [0.25, 0.3) is 17.0 Å². The van der Waals surface area contributed by atoms with Crippen molar-refractivity contribution < 1.29 is 9.59 Å². The molecule has 6 nitrogen and oxygen atoms in total. The molecule has 0 aliphatic rings. The number of nitrogens with one attached hydrogen (secondary N) is 2. The van der Waals surface area contributed by atoms with Crippen molar-refractivity contribution in [2.75, 3.05) is 10.6 Å². The quantitative estimate of drug-likeness (QED) is 0.252. The van der Waals surface area contributed by atoms with E-state index < -0.39 is 5.91 Å². The van der Waals surface area contributed by atoms with Crippen LogP contribution in [0.1, 0.15) is 5.56 Å². The van der Waals surface area contributed by atoms with Crippen molar-refractivity contribution in [1.29, 1.82) is 5.26 Å². The molecule has 34 heavy (non-hydrogen) atoms. The monoisotopic (exact) mass is 488 g/mol. The lowest BCUT2D eigenvalue weighted by Crippen LogP contribution is -2.18. The SMILES string of the molecule is N#C/C(=C/c1cn(CC(=O)Nc2ccccc2)c2ccccc12)C(=O)Nc1cccc(Cl)c1Cl. The number of amides is 2. The molecule has 0 radical (unpaired) electrons. The number of hydrogen-bond acceptors (Lipinski definition) is 3. The average molecular weight is 489 g/mol. The zero-order valence-corrected chi connectivity index (χ0v) is 19.3. The van der Waals surface area contributed by atoms with Crippen LogP contribution in [0.3, 0.4) is 0 Å². The maximum Gasteiger partial charge on any atom is 0.266 e. The molecule has 4 aromatic rings. The van der Waals surface area contributed by atoms with E-state index in [1.807, 2.05) is 60.7 Å². The van der Waals surface area contributed by atoms with Crippen molar-refractivity contribution in [2.24, 2.45) is 0 Å². The molecule has 2 amide bonds. The highest BCUT2D eigenvalue weighted by Crippen LogP contribution is 2.30. The molecule has 0 saturated carbocycles. The number of para-hydroxylation sites is 2. The van der Waals surface area contributed by atoms with Gasteiger partial charge >= 0.3 is 0 Å². The Bertz CT molecular complexity index is 1450. The van der Waals surface area contributed by atoms with Crippen molar-refractivity contribution in [3.8, 4) is 6.07 Å². The first-order chi connectivity index (χ1) is 16.5. The number of fused-ring (bicyclic) bond motifs is 1. The van der Waals surface area contributed by atoms with Gasteiger partial charge < -0.3 is 15.2 Å². The van der Waals surface area contributed by atoms with Crippen molar-refractivity contribution >= 4 is 63.4 Å². The molecule has 4 rings (SSSR count). The highest BCUT2D eigenvalue weighted by atomic mass is 35.5. The van der Waals surface area contributed by atoms with Gasteiger partial charge in [-0.3, -0.25) is 9.59 Å². The Morgan fingerprint density at radius 1 is 0.941 bits per heavy atom. The van der Waals surface area contributed by atoms with Crippen LogP contribution in [0, 0.1) is 11.3 Å². The van der Waals surface area contributed by atoms with E-state index in [1.54, 1.807) is 29.0 Å². The van der Waals surface area contributed by atoms with Gasteiger partial charge in [-0.25, -0.2) is 0 Å². The zero-order chi connectivity index (χ0) is 24.1. The highest BCUT2D eigenvalue weighted by Gasteiger charge is 2.15. The molecule has 1 heterocycles. The largest absolute Gasteiger partial charge is 0.337 e. The molecule has 0 bridgehead atoms. The van der Waals surface area contributed by atoms with Crippen LogP contribution in [0.15, 0.2) is 84.6 Å². The number of hydrogen-bond donors (Lipinski definition) is 2. The van der Waals surface area contributed by atoms with E-state index in [9.17, 15) is 14.9 Å². The highest BCUT2D eigenvalue weighted by molar-refractivity contribution is 6.44. The summed E-state index contributed by atoms with van der Waals surface area (Å²) in [5.74, 6) is -0.818. The van der Waals surface area contributed by atoms with Gasteiger partial charge in [0.2, 0.25) is 5.91 Å². The summed E-state index contributed by atoms with van der Waals surface area (Å²) in [5.41, 5.74) is 2.32. The van der Waals surface area contributed by atoms with E-state index >= 15 is 0 Å². The van der Waals surface area contributed by atoms with Crippen molar-refractivity contribution in [3.63, 3.8) is 0 Å². The van der Waals surface area contributed by atoms with Crippen molar-refractivity contribution in [3.05, 3.63) is 100 Å². The topological polar surface area (TPSA) is 86.9 Å². The molecule has 0 saturated heterocycles. The van der Waals surface area contributed by atoms with E-state index in [4.69, 9.17) is 23.2 Å². The van der Waals surface area contributed by atoms with E-state index in [0.717, 1.165) is 10.9 Å². The molecule has 0 spiro atoms. The number of benzene rings is 3. The summed E-state index contributed by atoms with van der Waals surface area (Å²) in [4.78, 5) is 25.4. The van der Waals surface area contributed by atoms with E-state index in [2.05, 4.69) is 10.6 Å². The second-order valence-electron chi connectivity index (χ2n) is 7.37. The molecule has 1 aromatic heterocycles. The molecule has 0 fully saturated rings. The molecule has 2 N–H and O–H groups in total. The Labute approximate surface area is 206 Å². The maximum absolute atomic E-state index is 12.8. The van der Waals surface area contributed by atoms with Gasteiger partial charge in [0, 0.05) is 28.4 Å². The second-order valence-corrected chi connectivity index (χ2v) is 8.15. The minimum atomic E-state index is -0.620. The molecular formula is C26H18Cl2N4O2. The number of halogens is 2. The lowest BCUT2D eigenvalue weighted by Gasteiger charge is -2.07. The van der Waals surface area contributed by atoms with Gasteiger partial charge in [-0.05, 0) is 36.4 Å². The smallest absolute Gasteiger partial charge is 0.266 e. The number of carbonyl (C=O) groups is 2. The third kappa shape index (κ3) is 5.12. The summed E-state index contributed by atoms with van der Waals surface area (Å²) in [7, 11) is 0. The number of aromatic nitrogens is 1. The minimum Gasteiger partial charge on any atom is -0.337 e. The Balaban J connectivity index is 1.62. The van der Waals surface area contributed by atoms with E-state index in [0.29, 0.717) is 22.0 Å². The fourth-order valence-corrected chi connectivity index (χ4v) is 3.84. The molecular weight excluding hydrogens is 471 g/mol. The summed E-state index contributed by atoms with van der Waals surface area (Å²) < 4.78 is 1.78. The van der Waals surface area contributed by atoms with Crippen LogP contribution >= 0.6 is 23.2 Å². The molecule has 3 aromatic carbocycles. The predicted molar refractivity (Wildman–Crippen MR) is 136 cm³/mol. The standard InChI is InChI=1S/C26H18Cl2N4O2/c27-21-10-6-11-22(25(21)28)31-26(34)17(14-29)13-18-15-32(23-12-5-4-9-20(18)23)16-24(33)30-19-7-2-1-3-8-19/h1-13,15H,16H2,(H,30,33)(H,31,34)/b17-13-. The number of rotatable bonds is 6. The third-order valence-corrected chi connectivity index (χ3v) is 5.87. The zero-order valence-electron chi connectivity index (χ0n) is 17.8. The van der Waals surface area contributed by atoms with Gasteiger partial charge in [-0.15, -0.1) is 0 Å². The van der Waals surface area contributed by atoms with Gasteiger partial charge in [0.25, 0.3) is 5.91 Å². The minimum absolute atomic E-state index is 0.0649. The second kappa shape index (κ2) is 10.3. The summed E-state index contributed by atoms with van der Waals surface area (Å²) in [5, 5.41) is 16.4. The van der Waals surface area contributed by atoms with Gasteiger partial charge in [0.05, 0.1) is 15.7 Å². The van der Waals surface area contributed by atoms with Gasteiger partial charge in [0.1, 0.15) is 18.2 Å².